The summed E-state index contributed by atoms with van der Waals surface area (Å²) < 4.78 is 45.7. The van der Waals surface area contributed by atoms with Crippen molar-refractivity contribution in [2.75, 3.05) is 13.7 Å². The van der Waals surface area contributed by atoms with Crippen LogP contribution in [0.15, 0.2) is 53.3 Å². The first kappa shape index (κ1) is 28.2. The molecule has 11 heteroatoms. The molecule has 0 aliphatic carbocycles. The summed E-state index contributed by atoms with van der Waals surface area (Å²) in [6.07, 6.45) is -4.21. The summed E-state index contributed by atoms with van der Waals surface area (Å²) in [5, 5.41) is 6.38. The quantitative estimate of drug-likeness (QED) is 0.410. The highest BCUT2D eigenvalue weighted by atomic mass is 35.5. The number of rotatable bonds is 6. The Kier molecular flexibility index (Phi) is 8.04. The lowest BCUT2D eigenvalue weighted by Gasteiger charge is -2.22. The van der Waals surface area contributed by atoms with E-state index >= 15 is 0 Å². The molecule has 1 aliphatic heterocycles. The number of halogens is 4. The number of H-pyrrole nitrogens is 1. The third-order valence-electron chi connectivity index (χ3n) is 6.53. The Morgan fingerprint density at radius 1 is 1.11 bits per heavy atom. The number of fused-ring (bicyclic) bond motifs is 1. The fraction of sp³-hybridized carbons (Fsp3) is 0.346. The van der Waals surface area contributed by atoms with Crippen molar-refractivity contribution in [3.8, 4) is 11.3 Å². The van der Waals surface area contributed by atoms with Crippen LogP contribution in [-0.2, 0) is 20.5 Å². The van der Waals surface area contributed by atoms with E-state index in [1.807, 2.05) is 0 Å². The molecule has 1 aromatic heterocycles. The van der Waals surface area contributed by atoms with Crippen LogP contribution in [0.2, 0.25) is 0 Å². The maximum Gasteiger partial charge on any atom is 0.417 e. The van der Waals surface area contributed by atoms with Gasteiger partial charge < -0.3 is 20.4 Å². The molecule has 0 saturated carbocycles. The maximum absolute atomic E-state index is 13.5. The number of nitrogens with one attached hydrogen (secondary N) is 3. The van der Waals surface area contributed by atoms with Crippen molar-refractivity contribution in [3.63, 3.8) is 0 Å². The molecule has 3 aromatic rings. The van der Waals surface area contributed by atoms with Crippen molar-refractivity contribution < 1.29 is 27.5 Å². The Balaban J connectivity index is 0.00000380. The van der Waals surface area contributed by atoms with E-state index in [4.69, 9.17) is 4.74 Å². The summed E-state index contributed by atoms with van der Waals surface area (Å²) in [7, 11) is 1.65. The molecule has 1 saturated heterocycles. The summed E-state index contributed by atoms with van der Waals surface area (Å²) in [6.45, 7) is 3.39. The number of ether oxygens (including phenoxy) is 1. The van der Waals surface area contributed by atoms with Crippen molar-refractivity contribution >= 4 is 35.1 Å². The molecule has 7 nitrogen and oxygen atoms in total. The minimum atomic E-state index is -4.57. The molecule has 2 atom stereocenters. The molecule has 0 radical (unpaired) electrons. The van der Waals surface area contributed by atoms with Gasteiger partial charge in [-0.2, -0.15) is 13.2 Å². The standard InChI is InChI=1S/C26H26F3N3O4.ClH/c1-25(2,30-3)24(35)36-13-16-12-19(22(33)31-16)14-8-9-15-11-21(32-23(34)18(15)10-14)17-6-4-5-7-20(17)26(27,28)29;/h4-11,16,19,30H,12-13H2,1-3H3,(H,31,33)(H,32,34);1H/t16-,19-;/m1./s1. The van der Waals surface area contributed by atoms with Gasteiger partial charge in [-0.3, -0.25) is 14.4 Å². The third kappa shape index (κ3) is 5.80. The van der Waals surface area contributed by atoms with Crippen LogP contribution in [0, 0.1) is 0 Å². The number of carbonyl (C=O) groups is 2. The SMILES string of the molecule is CNC(C)(C)C(=O)OC[C@H]1C[C@H](c2ccc3cc(-c4ccccc4C(F)(F)F)[nH]c(=O)c3c2)C(=O)N1.Cl. The number of esters is 1. The smallest absolute Gasteiger partial charge is 0.417 e. The van der Waals surface area contributed by atoms with Gasteiger partial charge in [0.1, 0.15) is 12.1 Å². The zero-order valence-electron chi connectivity index (χ0n) is 20.4. The normalized spacial score (nSPS) is 17.8. The molecule has 1 aliphatic rings. The van der Waals surface area contributed by atoms with Crippen LogP contribution in [-0.4, -0.2) is 42.1 Å². The van der Waals surface area contributed by atoms with E-state index in [2.05, 4.69) is 15.6 Å². The van der Waals surface area contributed by atoms with Gasteiger partial charge >= 0.3 is 12.1 Å². The van der Waals surface area contributed by atoms with Gasteiger partial charge in [-0.1, -0.05) is 30.3 Å². The van der Waals surface area contributed by atoms with Gasteiger partial charge in [0.2, 0.25) is 5.91 Å². The molecular formula is C26H27ClF3N3O4. The minimum absolute atomic E-state index is 0. The van der Waals surface area contributed by atoms with E-state index in [0.29, 0.717) is 17.4 Å². The number of carbonyl (C=O) groups excluding carboxylic acids is 2. The molecule has 0 bridgehead atoms. The average molecular weight is 538 g/mol. The Labute approximate surface area is 217 Å². The van der Waals surface area contributed by atoms with Crippen LogP contribution in [0.25, 0.3) is 22.0 Å². The van der Waals surface area contributed by atoms with Gasteiger partial charge in [0.25, 0.3) is 5.56 Å². The van der Waals surface area contributed by atoms with Gasteiger partial charge in [0, 0.05) is 16.6 Å². The maximum atomic E-state index is 13.5. The van der Waals surface area contributed by atoms with Crippen LogP contribution >= 0.6 is 12.4 Å². The lowest BCUT2D eigenvalue weighted by molar-refractivity contribution is -0.150. The Morgan fingerprint density at radius 3 is 2.49 bits per heavy atom. The Morgan fingerprint density at radius 2 is 1.81 bits per heavy atom. The van der Waals surface area contributed by atoms with E-state index in [0.717, 1.165) is 6.07 Å². The second kappa shape index (κ2) is 10.5. The van der Waals surface area contributed by atoms with E-state index < -0.39 is 34.7 Å². The van der Waals surface area contributed by atoms with Gasteiger partial charge in [-0.15, -0.1) is 12.4 Å². The monoisotopic (exact) mass is 537 g/mol. The predicted octanol–water partition coefficient (Wildman–Crippen LogP) is 4.15. The van der Waals surface area contributed by atoms with Gasteiger partial charge in [-0.05, 0) is 56.5 Å². The Hall–Kier alpha value is -3.37. The molecule has 2 aromatic carbocycles. The first-order chi connectivity index (χ1) is 16.9. The number of likely N-dealkylation sites (N-methyl/N-ethyl adjacent to an activating group) is 1. The van der Waals surface area contributed by atoms with E-state index in [1.165, 1.54) is 24.3 Å². The van der Waals surface area contributed by atoms with Crippen molar-refractivity contribution in [2.45, 2.75) is 43.9 Å². The van der Waals surface area contributed by atoms with E-state index in [-0.39, 0.29) is 47.6 Å². The van der Waals surface area contributed by atoms with Gasteiger partial charge in [0.05, 0.1) is 17.5 Å². The van der Waals surface area contributed by atoms with Crippen LogP contribution in [0.1, 0.15) is 37.3 Å². The van der Waals surface area contributed by atoms with Crippen molar-refractivity contribution in [3.05, 3.63) is 70.0 Å². The third-order valence-corrected chi connectivity index (χ3v) is 6.53. The highest BCUT2D eigenvalue weighted by Gasteiger charge is 2.36. The molecule has 1 fully saturated rings. The molecule has 198 valence electrons. The van der Waals surface area contributed by atoms with Crippen LogP contribution < -0.4 is 16.2 Å². The van der Waals surface area contributed by atoms with Crippen molar-refractivity contribution in [1.29, 1.82) is 0 Å². The van der Waals surface area contributed by atoms with Gasteiger partial charge in [0.15, 0.2) is 0 Å². The number of benzene rings is 2. The molecule has 1 amide bonds. The number of aromatic amines is 1. The van der Waals surface area contributed by atoms with E-state index in [9.17, 15) is 27.6 Å². The zero-order valence-corrected chi connectivity index (χ0v) is 21.2. The summed E-state index contributed by atoms with van der Waals surface area (Å²) in [6, 6.07) is 11.0. The average Bonchev–Trinajstić information content (AvgIpc) is 3.22. The fourth-order valence-electron chi connectivity index (χ4n) is 4.21. The Bertz CT molecular complexity index is 1390. The van der Waals surface area contributed by atoms with E-state index in [1.54, 1.807) is 39.1 Å². The highest BCUT2D eigenvalue weighted by Crippen LogP contribution is 2.37. The second-order valence-electron chi connectivity index (χ2n) is 9.37. The zero-order chi connectivity index (χ0) is 26.3. The summed E-state index contributed by atoms with van der Waals surface area (Å²) >= 11 is 0. The summed E-state index contributed by atoms with van der Waals surface area (Å²) in [5.74, 6) is -1.25. The van der Waals surface area contributed by atoms with Crippen molar-refractivity contribution in [1.82, 2.24) is 15.6 Å². The lowest BCUT2D eigenvalue weighted by Crippen LogP contribution is -2.46. The molecule has 0 spiro atoms. The topological polar surface area (TPSA) is 100 Å². The number of alkyl halides is 3. The first-order valence-electron chi connectivity index (χ1n) is 11.4. The first-order valence-corrected chi connectivity index (χ1v) is 11.4. The lowest BCUT2D eigenvalue weighted by atomic mass is 9.93. The molecule has 0 unspecified atom stereocenters. The second-order valence-corrected chi connectivity index (χ2v) is 9.37. The van der Waals surface area contributed by atoms with Gasteiger partial charge in [-0.25, -0.2) is 0 Å². The highest BCUT2D eigenvalue weighted by molar-refractivity contribution is 5.90. The number of pyridine rings is 1. The molecule has 37 heavy (non-hydrogen) atoms. The molecule has 3 N–H and O–H groups in total. The number of amides is 1. The van der Waals surface area contributed by atoms with Crippen LogP contribution in [0.3, 0.4) is 0 Å². The number of hydrogen-bond donors (Lipinski definition) is 3. The number of hydrogen-bond acceptors (Lipinski definition) is 5. The summed E-state index contributed by atoms with van der Waals surface area (Å²) in [4.78, 5) is 40.2. The number of aromatic nitrogens is 1. The predicted molar refractivity (Wildman–Crippen MR) is 136 cm³/mol. The van der Waals surface area contributed by atoms with Crippen molar-refractivity contribution in [2.24, 2.45) is 0 Å². The van der Waals surface area contributed by atoms with Crippen LogP contribution in [0.5, 0.6) is 0 Å². The summed E-state index contributed by atoms with van der Waals surface area (Å²) in [5.41, 5.74) is -1.73. The molecule has 2 heterocycles. The molecular weight excluding hydrogens is 511 g/mol. The molecule has 4 rings (SSSR count). The van der Waals surface area contributed by atoms with Crippen LogP contribution in [0.4, 0.5) is 13.2 Å². The largest absolute Gasteiger partial charge is 0.462 e. The fourth-order valence-corrected chi connectivity index (χ4v) is 4.21. The minimum Gasteiger partial charge on any atom is -0.462 e.